The smallest absolute Gasteiger partial charge is 0.408 e. The zero-order valence-electron chi connectivity index (χ0n) is 20.9. The summed E-state index contributed by atoms with van der Waals surface area (Å²) < 4.78 is 17.3. The number of hydrogen-bond donors (Lipinski definition) is 2. The number of aromatic nitrogens is 1. The second-order valence-corrected chi connectivity index (χ2v) is 9.67. The molecule has 0 saturated heterocycles. The van der Waals surface area contributed by atoms with E-state index in [0.29, 0.717) is 17.3 Å². The first-order chi connectivity index (χ1) is 17.2. The number of alkyl carbamates (subject to hydrolysis) is 1. The maximum absolute atomic E-state index is 12.4. The van der Waals surface area contributed by atoms with Crippen molar-refractivity contribution in [1.82, 2.24) is 10.3 Å². The van der Waals surface area contributed by atoms with Gasteiger partial charge >= 0.3 is 6.09 Å². The summed E-state index contributed by atoms with van der Waals surface area (Å²) in [6, 6.07) is 18.5. The van der Waals surface area contributed by atoms with Gasteiger partial charge in [-0.15, -0.1) is 0 Å². The van der Waals surface area contributed by atoms with Crippen LogP contribution in [-0.4, -0.2) is 28.6 Å². The number of rotatable bonds is 6. The molecule has 8 nitrogen and oxygen atoms in total. The number of nitrogens with one attached hydrogen (secondary N) is 2. The number of nitrogens with zero attached hydrogens (tertiary/aromatic N) is 1. The molecule has 3 aromatic rings. The molecular formula is C28H31N3O5. The normalized spacial score (nSPS) is 15.6. The van der Waals surface area contributed by atoms with Crippen LogP contribution in [0.3, 0.4) is 0 Å². The summed E-state index contributed by atoms with van der Waals surface area (Å²) in [5.41, 5.74) is 2.11. The predicted molar refractivity (Wildman–Crippen MR) is 136 cm³/mol. The molecule has 2 amide bonds. The summed E-state index contributed by atoms with van der Waals surface area (Å²) in [5.74, 6) is 1.53. The van der Waals surface area contributed by atoms with Crippen LogP contribution in [0, 0.1) is 0 Å². The van der Waals surface area contributed by atoms with Gasteiger partial charge in [0.1, 0.15) is 29.2 Å². The largest absolute Gasteiger partial charge is 0.485 e. The van der Waals surface area contributed by atoms with Crippen molar-refractivity contribution in [2.24, 2.45) is 0 Å². The van der Waals surface area contributed by atoms with Crippen molar-refractivity contribution in [1.29, 1.82) is 0 Å². The highest BCUT2D eigenvalue weighted by molar-refractivity contribution is 5.96. The van der Waals surface area contributed by atoms with Crippen LogP contribution in [0.2, 0.25) is 0 Å². The number of anilines is 1. The molecule has 0 saturated carbocycles. The fraction of sp³-hybridized carbons (Fsp3) is 0.321. The summed E-state index contributed by atoms with van der Waals surface area (Å²) in [7, 11) is 0. The maximum atomic E-state index is 12.4. The van der Waals surface area contributed by atoms with Gasteiger partial charge in [-0.2, -0.15) is 0 Å². The number of carbonyl (C=O) groups is 2. The number of carbonyl (C=O) groups excluding carboxylic acids is 2. The number of ether oxygens (including phenoxy) is 3. The maximum Gasteiger partial charge on any atom is 0.408 e. The third-order valence-corrected chi connectivity index (χ3v) is 5.50. The van der Waals surface area contributed by atoms with E-state index in [9.17, 15) is 9.59 Å². The Balaban J connectivity index is 1.31. The average molecular weight is 490 g/mol. The summed E-state index contributed by atoms with van der Waals surface area (Å²) >= 11 is 0. The standard InChI is InChI=1S/C28H31N3O5/c1-18(30-27(33)36-28(2,3)4)26(32)31-21-11-15-25(29-17-21)34-22-12-14-24-20(16-22)10-13-23(35-24)19-8-6-5-7-9-19/h5-9,11-12,14-18,23H,10,13H2,1-4H3,(H,30,33)(H,31,32)/t18?,23-/m0/s1. The molecule has 8 heteroatoms. The van der Waals surface area contributed by atoms with Gasteiger partial charge in [0, 0.05) is 6.07 Å². The average Bonchev–Trinajstić information content (AvgIpc) is 2.84. The molecule has 4 rings (SSSR count). The number of hydrogen-bond acceptors (Lipinski definition) is 6. The van der Waals surface area contributed by atoms with Gasteiger partial charge in [-0.25, -0.2) is 9.78 Å². The minimum Gasteiger partial charge on any atom is -0.485 e. The van der Waals surface area contributed by atoms with Crippen molar-refractivity contribution in [3.8, 4) is 17.4 Å². The van der Waals surface area contributed by atoms with Crippen LogP contribution in [0.4, 0.5) is 10.5 Å². The van der Waals surface area contributed by atoms with E-state index >= 15 is 0 Å². The lowest BCUT2D eigenvalue weighted by Crippen LogP contribution is -2.43. The van der Waals surface area contributed by atoms with E-state index in [1.165, 1.54) is 11.8 Å². The number of fused-ring (bicyclic) bond motifs is 1. The van der Waals surface area contributed by atoms with Gasteiger partial charge in [-0.1, -0.05) is 30.3 Å². The van der Waals surface area contributed by atoms with E-state index in [4.69, 9.17) is 14.2 Å². The Kier molecular flexibility index (Phi) is 7.43. The van der Waals surface area contributed by atoms with E-state index in [1.54, 1.807) is 39.8 Å². The first-order valence-electron chi connectivity index (χ1n) is 11.9. The molecule has 1 aromatic heterocycles. The van der Waals surface area contributed by atoms with Crippen LogP contribution in [0.15, 0.2) is 66.9 Å². The fourth-order valence-electron chi connectivity index (χ4n) is 3.77. The number of aryl methyl sites for hydroxylation is 1. The molecule has 2 atom stereocenters. The zero-order chi connectivity index (χ0) is 25.7. The monoisotopic (exact) mass is 489 g/mol. The van der Waals surface area contributed by atoms with Crippen LogP contribution in [0.5, 0.6) is 17.4 Å². The fourth-order valence-corrected chi connectivity index (χ4v) is 3.77. The van der Waals surface area contributed by atoms with Crippen LogP contribution in [0.25, 0.3) is 0 Å². The lowest BCUT2D eigenvalue weighted by atomic mass is 9.97. The second-order valence-electron chi connectivity index (χ2n) is 9.67. The van der Waals surface area contributed by atoms with Gasteiger partial charge in [0.25, 0.3) is 0 Å². The van der Waals surface area contributed by atoms with Crippen molar-refractivity contribution in [3.05, 3.63) is 78.0 Å². The Morgan fingerprint density at radius 3 is 2.56 bits per heavy atom. The molecule has 0 radical (unpaired) electrons. The second kappa shape index (κ2) is 10.7. The molecule has 0 spiro atoms. The molecule has 0 bridgehead atoms. The highest BCUT2D eigenvalue weighted by Crippen LogP contribution is 2.37. The molecule has 1 aliphatic rings. The highest BCUT2D eigenvalue weighted by atomic mass is 16.6. The quantitative estimate of drug-likeness (QED) is 0.455. The first kappa shape index (κ1) is 25.0. The SMILES string of the molecule is CC(NC(=O)OC(C)(C)C)C(=O)Nc1ccc(Oc2ccc3c(c2)CC[C@@H](c2ccccc2)O3)nc1. The molecule has 1 aliphatic heterocycles. The minimum absolute atomic E-state index is 0.0527. The van der Waals surface area contributed by atoms with Crippen molar-refractivity contribution >= 4 is 17.7 Å². The van der Waals surface area contributed by atoms with Crippen molar-refractivity contribution in [2.45, 2.75) is 58.3 Å². The van der Waals surface area contributed by atoms with E-state index in [2.05, 4.69) is 27.8 Å². The van der Waals surface area contributed by atoms with Crippen LogP contribution in [-0.2, 0) is 16.0 Å². The van der Waals surface area contributed by atoms with Crippen molar-refractivity contribution < 1.29 is 23.8 Å². The summed E-state index contributed by atoms with van der Waals surface area (Å²) in [5, 5.41) is 5.22. The summed E-state index contributed by atoms with van der Waals surface area (Å²) in [4.78, 5) is 28.5. The Hall–Kier alpha value is -4.07. The Labute approximate surface area is 211 Å². The Morgan fingerprint density at radius 1 is 1.08 bits per heavy atom. The molecular weight excluding hydrogens is 458 g/mol. The van der Waals surface area contributed by atoms with Crippen LogP contribution < -0.4 is 20.1 Å². The molecule has 36 heavy (non-hydrogen) atoms. The van der Waals surface area contributed by atoms with Gasteiger partial charge in [-0.05, 0) is 75.9 Å². The van der Waals surface area contributed by atoms with Gasteiger partial charge in [0.2, 0.25) is 11.8 Å². The van der Waals surface area contributed by atoms with E-state index in [-0.39, 0.29) is 12.0 Å². The van der Waals surface area contributed by atoms with Crippen molar-refractivity contribution in [3.63, 3.8) is 0 Å². The molecule has 1 unspecified atom stereocenters. The third kappa shape index (κ3) is 6.75. The van der Waals surface area contributed by atoms with Gasteiger partial charge < -0.3 is 24.8 Å². The lowest BCUT2D eigenvalue weighted by Gasteiger charge is -2.26. The Bertz CT molecular complexity index is 1210. The van der Waals surface area contributed by atoms with Crippen LogP contribution >= 0.6 is 0 Å². The number of benzene rings is 2. The summed E-state index contributed by atoms with van der Waals surface area (Å²) in [6.07, 6.45) is 2.68. The number of amides is 2. The van der Waals surface area contributed by atoms with E-state index in [1.807, 2.05) is 36.4 Å². The molecule has 0 fully saturated rings. The van der Waals surface area contributed by atoms with Gasteiger partial charge in [0.05, 0.1) is 11.9 Å². The predicted octanol–water partition coefficient (Wildman–Crippen LogP) is 5.79. The molecule has 2 N–H and O–H groups in total. The van der Waals surface area contributed by atoms with E-state index in [0.717, 1.165) is 24.2 Å². The lowest BCUT2D eigenvalue weighted by molar-refractivity contribution is -0.117. The van der Waals surface area contributed by atoms with Gasteiger partial charge in [-0.3, -0.25) is 4.79 Å². The Morgan fingerprint density at radius 2 is 1.86 bits per heavy atom. The summed E-state index contributed by atoms with van der Waals surface area (Å²) in [6.45, 7) is 6.84. The third-order valence-electron chi connectivity index (χ3n) is 5.50. The zero-order valence-corrected chi connectivity index (χ0v) is 20.9. The number of pyridine rings is 1. The highest BCUT2D eigenvalue weighted by Gasteiger charge is 2.23. The first-order valence-corrected chi connectivity index (χ1v) is 11.9. The minimum atomic E-state index is -0.782. The van der Waals surface area contributed by atoms with E-state index < -0.39 is 17.7 Å². The van der Waals surface area contributed by atoms with Gasteiger partial charge in [0.15, 0.2) is 0 Å². The molecule has 188 valence electrons. The molecule has 2 aromatic carbocycles. The van der Waals surface area contributed by atoms with Crippen molar-refractivity contribution in [2.75, 3.05) is 5.32 Å². The molecule has 2 heterocycles. The molecule has 0 aliphatic carbocycles. The topological polar surface area (TPSA) is 98.8 Å². The van der Waals surface area contributed by atoms with Crippen LogP contribution in [0.1, 0.15) is 51.3 Å².